The number of aromatic nitrogens is 1. The molecule has 1 aliphatic rings. The highest BCUT2D eigenvalue weighted by molar-refractivity contribution is 8.00. The van der Waals surface area contributed by atoms with Gasteiger partial charge in [0.2, 0.25) is 0 Å². The van der Waals surface area contributed by atoms with Crippen molar-refractivity contribution in [3.63, 3.8) is 0 Å². The molecule has 1 aromatic heterocycles. The Morgan fingerprint density at radius 1 is 1.10 bits per heavy atom. The predicted octanol–water partition coefficient (Wildman–Crippen LogP) is 6.13. The largest absolute Gasteiger partial charge is 0.481 e. The van der Waals surface area contributed by atoms with E-state index >= 15 is 0 Å². The fourth-order valence-electron chi connectivity index (χ4n) is 4.63. The Morgan fingerprint density at radius 2 is 1.80 bits per heavy atom. The molecule has 1 atom stereocenters. The number of aryl methyl sites for hydroxylation is 1. The van der Waals surface area contributed by atoms with Crippen LogP contribution in [-0.2, 0) is 11.2 Å². The van der Waals surface area contributed by atoms with Gasteiger partial charge in [-0.05, 0) is 61.6 Å². The van der Waals surface area contributed by atoms with Crippen LogP contribution < -0.4 is 4.31 Å². The van der Waals surface area contributed by atoms with Crippen LogP contribution in [0.5, 0.6) is 0 Å². The van der Waals surface area contributed by atoms with Gasteiger partial charge in [-0.1, -0.05) is 47.8 Å². The number of aliphatic carboxylic acids is 1. The van der Waals surface area contributed by atoms with Crippen LogP contribution >= 0.6 is 11.9 Å². The Balaban J connectivity index is 2.13. The van der Waals surface area contributed by atoms with E-state index in [-0.39, 0.29) is 12.5 Å². The molecule has 0 saturated carbocycles. The number of pyridine rings is 1. The molecule has 154 valence electrons. The monoisotopic (exact) mass is 418 g/mol. The Hall–Kier alpha value is -2.79. The van der Waals surface area contributed by atoms with Crippen molar-refractivity contribution < 1.29 is 9.90 Å². The summed E-state index contributed by atoms with van der Waals surface area (Å²) in [5, 5.41) is 9.70. The molecule has 2 aromatic carbocycles. The van der Waals surface area contributed by atoms with Crippen LogP contribution in [0.1, 0.15) is 40.8 Å². The molecule has 0 unspecified atom stereocenters. The molecule has 5 heteroatoms. The fraction of sp³-hybridized carbons (Fsp3) is 0.280. The minimum atomic E-state index is -0.816. The van der Waals surface area contributed by atoms with Crippen molar-refractivity contribution in [2.75, 3.05) is 10.6 Å². The number of rotatable bonds is 4. The fourth-order valence-corrected chi connectivity index (χ4v) is 5.47. The molecular weight excluding hydrogens is 392 g/mol. The van der Waals surface area contributed by atoms with E-state index in [1.165, 1.54) is 11.1 Å². The number of fused-ring (bicyclic) bond motifs is 3. The SMILES string of the molecule is CSN1c2c(C)c(CC(=O)O)c(-c3ccc(C)cc3)c(C)c2-c2ncccc2[C@@H]1C. The molecule has 0 bridgehead atoms. The van der Waals surface area contributed by atoms with Crippen LogP contribution in [0.15, 0.2) is 42.6 Å². The van der Waals surface area contributed by atoms with Crippen LogP contribution in [0.4, 0.5) is 5.69 Å². The summed E-state index contributed by atoms with van der Waals surface area (Å²) in [4.78, 5) is 16.6. The molecule has 0 aliphatic carbocycles. The van der Waals surface area contributed by atoms with Gasteiger partial charge in [-0.25, -0.2) is 0 Å². The van der Waals surface area contributed by atoms with E-state index in [0.29, 0.717) is 0 Å². The molecule has 4 rings (SSSR count). The first kappa shape index (κ1) is 20.5. The molecular formula is C25H26N2O2S. The standard InChI is InChI=1S/C25H26N2O2S/c1-14-8-10-18(11-9-14)22-16(3)23-24-19(7-6-12-26-24)17(4)27(30-5)25(23)15(2)20(22)13-21(28)29/h6-12,17H,13H2,1-5H3,(H,28,29)/t17-/m0/s1. The average molecular weight is 419 g/mol. The Bertz CT molecular complexity index is 1140. The summed E-state index contributed by atoms with van der Waals surface area (Å²) in [6, 6.07) is 12.6. The summed E-state index contributed by atoms with van der Waals surface area (Å²) < 4.78 is 2.30. The summed E-state index contributed by atoms with van der Waals surface area (Å²) >= 11 is 1.67. The average Bonchev–Trinajstić information content (AvgIpc) is 2.72. The number of carboxylic acids is 1. The summed E-state index contributed by atoms with van der Waals surface area (Å²) in [7, 11) is 0. The number of hydrogen-bond acceptors (Lipinski definition) is 4. The Kier molecular flexibility index (Phi) is 5.33. The third kappa shape index (κ3) is 3.18. The molecule has 3 aromatic rings. The van der Waals surface area contributed by atoms with E-state index in [1.54, 1.807) is 11.9 Å². The van der Waals surface area contributed by atoms with Crippen LogP contribution in [0, 0.1) is 20.8 Å². The Labute approximate surface area is 182 Å². The quantitative estimate of drug-likeness (QED) is 0.517. The first-order valence-electron chi connectivity index (χ1n) is 10.1. The highest BCUT2D eigenvalue weighted by Crippen LogP contribution is 2.52. The molecule has 0 fully saturated rings. The lowest BCUT2D eigenvalue weighted by Crippen LogP contribution is -2.26. The van der Waals surface area contributed by atoms with Crippen LogP contribution in [0.3, 0.4) is 0 Å². The van der Waals surface area contributed by atoms with Crippen molar-refractivity contribution in [2.45, 2.75) is 40.2 Å². The van der Waals surface area contributed by atoms with Gasteiger partial charge in [0.1, 0.15) is 0 Å². The van der Waals surface area contributed by atoms with E-state index in [9.17, 15) is 9.90 Å². The molecule has 1 N–H and O–H groups in total. The smallest absolute Gasteiger partial charge is 0.307 e. The van der Waals surface area contributed by atoms with Crippen molar-refractivity contribution in [1.82, 2.24) is 4.98 Å². The van der Waals surface area contributed by atoms with Gasteiger partial charge in [-0.3, -0.25) is 9.78 Å². The second-order valence-corrected chi connectivity index (χ2v) is 8.65. The molecule has 4 nitrogen and oxygen atoms in total. The number of anilines is 1. The van der Waals surface area contributed by atoms with E-state index in [2.05, 4.69) is 68.6 Å². The van der Waals surface area contributed by atoms with E-state index in [1.807, 2.05) is 12.3 Å². The number of carbonyl (C=O) groups is 1. The molecule has 0 radical (unpaired) electrons. The van der Waals surface area contributed by atoms with Gasteiger partial charge >= 0.3 is 5.97 Å². The zero-order chi connectivity index (χ0) is 21.6. The topological polar surface area (TPSA) is 53.4 Å². The molecule has 1 aliphatic heterocycles. The number of carboxylic acid groups (broad SMARTS) is 1. The normalized spacial score (nSPS) is 15.0. The van der Waals surface area contributed by atoms with Crippen molar-refractivity contribution in [3.8, 4) is 22.4 Å². The van der Waals surface area contributed by atoms with E-state index < -0.39 is 5.97 Å². The van der Waals surface area contributed by atoms with E-state index in [4.69, 9.17) is 4.98 Å². The first-order chi connectivity index (χ1) is 14.3. The summed E-state index contributed by atoms with van der Waals surface area (Å²) in [6.07, 6.45) is 3.91. The third-order valence-electron chi connectivity index (χ3n) is 6.06. The summed E-state index contributed by atoms with van der Waals surface area (Å²) in [5.74, 6) is -0.816. The van der Waals surface area contributed by atoms with Gasteiger partial charge in [0.05, 0.1) is 23.8 Å². The van der Waals surface area contributed by atoms with Gasteiger partial charge in [0, 0.05) is 23.6 Å². The molecule has 0 spiro atoms. The van der Waals surface area contributed by atoms with Crippen molar-refractivity contribution >= 4 is 23.6 Å². The van der Waals surface area contributed by atoms with Gasteiger partial charge in [0.25, 0.3) is 0 Å². The van der Waals surface area contributed by atoms with Gasteiger partial charge in [-0.2, -0.15) is 0 Å². The maximum Gasteiger partial charge on any atom is 0.307 e. The lowest BCUT2D eigenvalue weighted by molar-refractivity contribution is -0.136. The molecule has 30 heavy (non-hydrogen) atoms. The van der Waals surface area contributed by atoms with E-state index in [0.717, 1.165) is 44.8 Å². The second kappa shape index (κ2) is 7.80. The van der Waals surface area contributed by atoms with Crippen LogP contribution in [0.2, 0.25) is 0 Å². The zero-order valence-electron chi connectivity index (χ0n) is 18.0. The van der Waals surface area contributed by atoms with Crippen LogP contribution in [0.25, 0.3) is 22.4 Å². The summed E-state index contributed by atoms with van der Waals surface area (Å²) in [6.45, 7) is 8.40. The highest BCUT2D eigenvalue weighted by Gasteiger charge is 2.34. The maximum absolute atomic E-state index is 11.8. The lowest BCUT2D eigenvalue weighted by atomic mass is 9.81. The van der Waals surface area contributed by atoms with Crippen molar-refractivity contribution in [2.24, 2.45) is 0 Å². The van der Waals surface area contributed by atoms with Crippen molar-refractivity contribution in [3.05, 3.63) is 70.4 Å². The zero-order valence-corrected chi connectivity index (χ0v) is 18.8. The first-order valence-corrected chi connectivity index (χ1v) is 11.3. The number of hydrogen-bond donors (Lipinski definition) is 1. The minimum Gasteiger partial charge on any atom is -0.481 e. The van der Waals surface area contributed by atoms with Crippen LogP contribution in [-0.4, -0.2) is 22.3 Å². The van der Waals surface area contributed by atoms with Gasteiger partial charge in [-0.15, -0.1) is 0 Å². The van der Waals surface area contributed by atoms with Gasteiger partial charge in [0.15, 0.2) is 0 Å². The summed E-state index contributed by atoms with van der Waals surface area (Å²) in [5.41, 5.74) is 10.6. The molecule has 0 amide bonds. The molecule has 0 saturated heterocycles. The highest BCUT2D eigenvalue weighted by atomic mass is 32.2. The number of benzene rings is 2. The number of nitrogens with zero attached hydrogens (tertiary/aromatic N) is 2. The van der Waals surface area contributed by atoms with Gasteiger partial charge < -0.3 is 9.41 Å². The Morgan fingerprint density at radius 3 is 2.43 bits per heavy atom. The minimum absolute atomic E-state index is 0.00512. The molecule has 2 heterocycles. The third-order valence-corrected chi connectivity index (χ3v) is 6.95. The van der Waals surface area contributed by atoms with Crippen molar-refractivity contribution in [1.29, 1.82) is 0 Å². The lowest BCUT2D eigenvalue weighted by Gasteiger charge is -2.39. The maximum atomic E-state index is 11.8. The second-order valence-electron chi connectivity index (χ2n) is 7.89. The predicted molar refractivity (Wildman–Crippen MR) is 125 cm³/mol.